The zero-order chi connectivity index (χ0) is 23.9. The van der Waals surface area contributed by atoms with Crippen molar-refractivity contribution in [1.29, 1.82) is 5.26 Å². The average Bonchev–Trinajstić information content (AvgIpc) is 2.85. The quantitative estimate of drug-likeness (QED) is 0.258. The summed E-state index contributed by atoms with van der Waals surface area (Å²) in [5, 5.41) is 14.7. The van der Waals surface area contributed by atoms with Gasteiger partial charge in [-0.3, -0.25) is 9.78 Å². The fourth-order valence-electron chi connectivity index (χ4n) is 3.09. The maximum absolute atomic E-state index is 12.4. The highest BCUT2D eigenvalue weighted by atomic mass is 35.5. The topological polar surface area (TPSA) is 103 Å². The molecule has 34 heavy (non-hydrogen) atoms. The van der Waals surface area contributed by atoms with Gasteiger partial charge in [-0.1, -0.05) is 65.7 Å². The van der Waals surface area contributed by atoms with Crippen molar-refractivity contribution < 1.29 is 4.74 Å². The third kappa shape index (κ3) is 5.62. The Kier molecular flexibility index (Phi) is 7.23. The maximum atomic E-state index is 12.4. The number of rotatable bonds is 7. The standard InChI is InChI=1S/C25H17Cl2N5O2/c26-19-8-6-16(7-9-19)15-34-22-11-10-20(27)12-18(22)14-29-32-25-30-23(17-4-2-1-3-5-17)21(13-28)24(33)31-25/h1-12,14H,15H2,(H2,30,31,32,33). The number of nitrogens with zero attached hydrogens (tertiary/aromatic N) is 3. The Morgan fingerprint density at radius 3 is 2.53 bits per heavy atom. The van der Waals surface area contributed by atoms with Crippen LogP contribution in [0.4, 0.5) is 5.95 Å². The van der Waals surface area contributed by atoms with Gasteiger partial charge in [0.2, 0.25) is 5.95 Å². The molecule has 0 aliphatic heterocycles. The molecule has 4 rings (SSSR count). The van der Waals surface area contributed by atoms with Gasteiger partial charge >= 0.3 is 0 Å². The number of nitrogens with one attached hydrogen (secondary N) is 2. The number of ether oxygens (including phenoxy) is 1. The molecular weight excluding hydrogens is 473 g/mol. The second-order valence-corrected chi connectivity index (χ2v) is 7.96. The lowest BCUT2D eigenvalue weighted by Gasteiger charge is -2.10. The fraction of sp³-hybridized carbons (Fsp3) is 0.0400. The van der Waals surface area contributed by atoms with Crippen LogP contribution in [0, 0.1) is 11.3 Å². The number of hydrazone groups is 1. The number of halogens is 2. The first-order chi connectivity index (χ1) is 16.5. The monoisotopic (exact) mass is 489 g/mol. The third-order valence-electron chi connectivity index (χ3n) is 4.73. The van der Waals surface area contributed by atoms with E-state index in [-0.39, 0.29) is 17.2 Å². The fourth-order valence-corrected chi connectivity index (χ4v) is 3.40. The van der Waals surface area contributed by atoms with Gasteiger partial charge in [0, 0.05) is 21.2 Å². The first kappa shape index (κ1) is 23.1. The highest BCUT2D eigenvalue weighted by Gasteiger charge is 2.13. The number of hydrogen-bond acceptors (Lipinski definition) is 6. The zero-order valence-corrected chi connectivity index (χ0v) is 19.1. The van der Waals surface area contributed by atoms with E-state index in [1.807, 2.05) is 24.3 Å². The highest BCUT2D eigenvalue weighted by Crippen LogP contribution is 2.23. The van der Waals surface area contributed by atoms with Crippen molar-refractivity contribution in [2.24, 2.45) is 5.10 Å². The molecular formula is C25H17Cl2N5O2. The molecule has 9 heteroatoms. The Morgan fingerprint density at radius 2 is 1.79 bits per heavy atom. The molecule has 0 unspecified atom stereocenters. The van der Waals surface area contributed by atoms with Crippen LogP contribution >= 0.6 is 23.2 Å². The van der Waals surface area contributed by atoms with E-state index < -0.39 is 5.56 Å². The minimum absolute atomic E-state index is 0.0755. The molecule has 0 saturated heterocycles. The van der Waals surface area contributed by atoms with Crippen molar-refractivity contribution in [2.45, 2.75) is 6.61 Å². The normalized spacial score (nSPS) is 10.7. The van der Waals surface area contributed by atoms with Crippen molar-refractivity contribution in [3.63, 3.8) is 0 Å². The number of hydrogen-bond donors (Lipinski definition) is 2. The molecule has 0 spiro atoms. The van der Waals surface area contributed by atoms with Gasteiger partial charge in [-0.2, -0.15) is 10.4 Å². The van der Waals surface area contributed by atoms with Crippen LogP contribution in [-0.4, -0.2) is 16.2 Å². The first-order valence-electron chi connectivity index (χ1n) is 10.1. The largest absolute Gasteiger partial charge is 0.488 e. The van der Waals surface area contributed by atoms with Crippen LogP contribution in [-0.2, 0) is 6.61 Å². The van der Waals surface area contributed by atoms with E-state index in [4.69, 9.17) is 27.9 Å². The Balaban J connectivity index is 1.55. The average molecular weight is 490 g/mol. The van der Waals surface area contributed by atoms with E-state index in [0.29, 0.717) is 33.5 Å². The first-order valence-corrected chi connectivity index (χ1v) is 10.8. The number of aromatic amines is 1. The van der Waals surface area contributed by atoms with Gasteiger partial charge in [-0.25, -0.2) is 10.4 Å². The van der Waals surface area contributed by atoms with Gasteiger partial charge in [0.25, 0.3) is 5.56 Å². The Hall–Kier alpha value is -4.12. The Morgan fingerprint density at radius 1 is 1.06 bits per heavy atom. The minimum Gasteiger partial charge on any atom is -0.488 e. The van der Waals surface area contributed by atoms with E-state index >= 15 is 0 Å². The molecule has 0 aliphatic rings. The van der Waals surface area contributed by atoms with Crippen LogP contribution in [0.2, 0.25) is 10.0 Å². The second-order valence-electron chi connectivity index (χ2n) is 7.08. The number of aromatic nitrogens is 2. The Bertz CT molecular complexity index is 1430. The summed E-state index contributed by atoms with van der Waals surface area (Å²) >= 11 is 12.1. The lowest BCUT2D eigenvalue weighted by atomic mass is 10.1. The van der Waals surface area contributed by atoms with Crippen LogP contribution in [0.3, 0.4) is 0 Å². The van der Waals surface area contributed by atoms with Crippen molar-refractivity contribution in [3.05, 3.63) is 110 Å². The summed E-state index contributed by atoms with van der Waals surface area (Å²) in [6.07, 6.45) is 1.50. The molecule has 3 aromatic carbocycles. The van der Waals surface area contributed by atoms with Crippen LogP contribution < -0.4 is 15.7 Å². The molecule has 0 amide bonds. The predicted molar refractivity (Wildman–Crippen MR) is 133 cm³/mol. The molecule has 1 aromatic heterocycles. The zero-order valence-electron chi connectivity index (χ0n) is 17.6. The van der Waals surface area contributed by atoms with Crippen LogP contribution in [0.25, 0.3) is 11.3 Å². The maximum Gasteiger partial charge on any atom is 0.270 e. The smallest absolute Gasteiger partial charge is 0.270 e. The predicted octanol–water partition coefficient (Wildman–Crippen LogP) is 5.64. The molecule has 1 heterocycles. The summed E-state index contributed by atoms with van der Waals surface area (Å²) in [6.45, 7) is 0.331. The summed E-state index contributed by atoms with van der Waals surface area (Å²) in [5.74, 6) is 0.654. The minimum atomic E-state index is -0.566. The van der Waals surface area contributed by atoms with Crippen LogP contribution in [0.15, 0.2) is 82.7 Å². The lowest BCUT2D eigenvalue weighted by Crippen LogP contribution is -2.16. The van der Waals surface area contributed by atoms with Crippen LogP contribution in [0.1, 0.15) is 16.7 Å². The summed E-state index contributed by atoms with van der Waals surface area (Å²) in [7, 11) is 0. The lowest BCUT2D eigenvalue weighted by molar-refractivity contribution is 0.306. The van der Waals surface area contributed by atoms with Crippen molar-refractivity contribution in [3.8, 4) is 23.1 Å². The van der Waals surface area contributed by atoms with Crippen molar-refractivity contribution in [2.75, 3.05) is 5.43 Å². The molecule has 0 fully saturated rings. The van der Waals surface area contributed by atoms with Crippen molar-refractivity contribution in [1.82, 2.24) is 9.97 Å². The van der Waals surface area contributed by atoms with E-state index in [1.54, 1.807) is 54.6 Å². The van der Waals surface area contributed by atoms with Crippen molar-refractivity contribution >= 4 is 35.4 Å². The summed E-state index contributed by atoms with van der Waals surface area (Å²) in [5.41, 5.74) is 4.54. The second kappa shape index (κ2) is 10.7. The van der Waals surface area contributed by atoms with Gasteiger partial charge in [-0.15, -0.1) is 0 Å². The van der Waals surface area contributed by atoms with E-state index in [1.165, 1.54) is 6.21 Å². The summed E-state index contributed by atoms with van der Waals surface area (Å²) in [6, 6.07) is 23.4. The van der Waals surface area contributed by atoms with E-state index in [2.05, 4.69) is 20.5 Å². The van der Waals surface area contributed by atoms with Gasteiger partial charge in [-0.05, 0) is 35.9 Å². The molecule has 7 nitrogen and oxygen atoms in total. The van der Waals surface area contributed by atoms with E-state index in [0.717, 1.165) is 5.56 Å². The number of benzene rings is 3. The highest BCUT2D eigenvalue weighted by molar-refractivity contribution is 6.31. The molecule has 168 valence electrons. The number of H-pyrrole nitrogens is 1. The van der Waals surface area contributed by atoms with Crippen LogP contribution in [0.5, 0.6) is 5.75 Å². The molecule has 0 radical (unpaired) electrons. The summed E-state index contributed by atoms with van der Waals surface area (Å²) in [4.78, 5) is 19.3. The number of nitriles is 1. The molecule has 2 N–H and O–H groups in total. The van der Waals surface area contributed by atoms with E-state index in [9.17, 15) is 10.1 Å². The summed E-state index contributed by atoms with van der Waals surface area (Å²) < 4.78 is 5.92. The molecule has 0 saturated carbocycles. The SMILES string of the molecule is N#Cc1c(-c2ccccc2)nc(NN=Cc2cc(Cl)ccc2OCc2ccc(Cl)cc2)[nH]c1=O. The number of anilines is 1. The van der Waals surface area contributed by atoms with Gasteiger partial charge < -0.3 is 4.74 Å². The molecule has 0 atom stereocenters. The molecule has 0 bridgehead atoms. The molecule has 4 aromatic rings. The van der Waals surface area contributed by atoms with Gasteiger partial charge in [0.05, 0.1) is 11.9 Å². The van der Waals surface area contributed by atoms with Gasteiger partial charge in [0.15, 0.2) is 0 Å². The Labute approximate surface area is 205 Å². The molecule has 0 aliphatic carbocycles. The third-order valence-corrected chi connectivity index (χ3v) is 5.22. The van der Waals surface area contributed by atoms with Gasteiger partial charge in [0.1, 0.15) is 24.0 Å².